The Morgan fingerprint density at radius 3 is 2.50 bits per heavy atom. The van der Waals surface area contributed by atoms with Crippen LogP contribution >= 0.6 is 0 Å². The quantitative estimate of drug-likeness (QED) is 0.551. The van der Waals surface area contributed by atoms with Crippen molar-refractivity contribution in [2.24, 2.45) is 29.1 Å². The molecule has 3 saturated carbocycles. The highest BCUT2D eigenvalue weighted by atomic mass is 16.6. The van der Waals surface area contributed by atoms with Gasteiger partial charge >= 0.3 is 17.9 Å². The predicted octanol–water partition coefficient (Wildman–Crippen LogP) is 2.63. The van der Waals surface area contributed by atoms with Crippen molar-refractivity contribution in [3.05, 3.63) is 0 Å². The van der Waals surface area contributed by atoms with Crippen LogP contribution in [0.4, 0.5) is 0 Å². The Hall–Kier alpha value is -1.59. The van der Waals surface area contributed by atoms with Gasteiger partial charge in [-0.2, -0.15) is 0 Å². The molecule has 6 nitrogen and oxygen atoms in total. The minimum absolute atomic E-state index is 0.0313. The summed E-state index contributed by atoms with van der Waals surface area (Å²) in [6, 6.07) is 0. The minimum Gasteiger partial charge on any atom is -0.462 e. The lowest BCUT2D eigenvalue weighted by Gasteiger charge is -2.33. The van der Waals surface area contributed by atoms with Gasteiger partial charge in [0.1, 0.15) is 18.3 Å². The molecule has 0 spiro atoms. The summed E-state index contributed by atoms with van der Waals surface area (Å²) in [5, 5.41) is 0. The standard InChI is InChI=1S/C20H28O6/c1-4-20(2,3)19(23)26-16-12-9-11-14(18(22)25-15(11)16)13(12)17(21)24-10-7-5-6-8-10/h10-16H,4-9H2,1-3H3. The van der Waals surface area contributed by atoms with Gasteiger partial charge in [-0.05, 0) is 52.4 Å². The molecule has 4 rings (SSSR count). The topological polar surface area (TPSA) is 78.9 Å². The molecule has 6 atom stereocenters. The van der Waals surface area contributed by atoms with Crippen LogP contribution in [0, 0.1) is 29.1 Å². The van der Waals surface area contributed by atoms with Gasteiger partial charge in [-0.3, -0.25) is 14.4 Å². The van der Waals surface area contributed by atoms with Crippen LogP contribution in [0.15, 0.2) is 0 Å². The maximum Gasteiger partial charge on any atom is 0.311 e. The van der Waals surface area contributed by atoms with Gasteiger partial charge in [0.05, 0.1) is 17.3 Å². The van der Waals surface area contributed by atoms with Crippen molar-refractivity contribution >= 4 is 17.9 Å². The van der Waals surface area contributed by atoms with Crippen molar-refractivity contribution < 1.29 is 28.6 Å². The van der Waals surface area contributed by atoms with Gasteiger partial charge in [-0.25, -0.2) is 0 Å². The summed E-state index contributed by atoms with van der Waals surface area (Å²) in [6.45, 7) is 5.63. The largest absolute Gasteiger partial charge is 0.462 e. The molecule has 1 aliphatic heterocycles. The van der Waals surface area contributed by atoms with Crippen LogP contribution in [0.25, 0.3) is 0 Å². The highest BCUT2D eigenvalue weighted by molar-refractivity contribution is 5.86. The van der Waals surface area contributed by atoms with E-state index in [4.69, 9.17) is 14.2 Å². The first kappa shape index (κ1) is 17.8. The summed E-state index contributed by atoms with van der Waals surface area (Å²) in [4.78, 5) is 37.8. The molecular formula is C20H28O6. The number of hydrogen-bond acceptors (Lipinski definition) is 6. The van der Waals surface area contributed by atoms with E-state index < -0.39 is 29.5 Å². The summed E-state index contributed by atoms with van der Waals surface area (Å²) in [5.74, 6) is -2.09. The predicted molar refractivity (Wildman–Crippen MR) is 90.8 cm³/mol. The van der Waals surface area contributed by atoms with Crippen LogP contribution in [0.5, 0.6) is 0 Å². The molecule has 6 unspecified atom stereocenters. The van der Waals surface area contributed by atoms with Gasteiger partial charge in [-0.15, -0.1) is 0 Å². The number of carbonyl (C=O) groups is 3. The molecule has 0 aromatic rings. The lowest BCUT2D eigenvalue weighted by atomic mass is 9.78. The van der Waals surface area contributed by atoms with Crippen LogP contribution < -0.4 is 0 Å². The minimum atomic E-state index is -0.594. The van der Waals surface area contributed by atoms with Crippen molar-refractivity contribution in [1.82, 2.24) is 0 Å². The molecule has 6 heteroatoms. The molecule has 144 valence electrons. The zero-order valence-corrected chi connectivity index (χ0v) is 15.7. The second-order valence-corrected chi connectivity index (χ2v) is 8.97. The van der Waals surface area contributed by atoms with E-state index in [9.17, 15) is 14.4 Å². The van der Waals surface area contributed by atoms with E-state index in [1.807, 2.05) is 20.8 Å². The fourth-order valence-electron chi connectivity index (χ4n) is 5.15. The van der Waals surface area contributed by atoms with E-state index in [2.05, 4.69) is 0 Å². The van der Waals surface area contributed by atoms with E-state index in [0.717, 1.165) is 25.7 Å². The molecule has 0 N–H and O–H groups in total. The molecule has 4 fully saturated rings. The lowest BCUT2D eigenvalue weighted by Crippen LogP contribution is -2.45. The highest BCUT2D eigenvalue weighted by Gasteiger charge is 2.70. The summed E-state index contributed by atoms with van der Waals surface area (Å²) in [7, 11) is 0. The van der Waals surface area contributed by atoms with Crippen LogP contribution in [-0.2, 0) is 28.6 Å². The molecular weight excluding hydrogens is 336 g/mol. The third-order valence-corrected chi connectivity index (χ3v) is 7.08. The van der Waals surface area contributed by atoms with E-state index in [1.165, 1.54) is 0 Å². The summed E-state index contributed by atoms with van der Waals surface area (Å²) < 4.78 is 17.0. The van der Waals surface area contributed by atoms with Crippen molar-refractivity contribution in [2.75, 3.05) is 0 Å². The van der Waals surface area contributed by atoms with Gasteiger partial charge in [0.15, 0.2) is 0 Å². The molecule has 0 amide bonds. The maximum absolute atomic E-state index is 12.8. The van der Waals surface area contributed by atoms with Crippen molar-refractivity contribution in [3.63, 3.8) is 0 Å². The number of carbonyl (C=O) groups excluding carboxylic acids is 3. The van der Waals surface area contributed by atoms with Crippen molar-refractivity contribution in [3.8, 4) is 0 Å². The second kappa shape index (κ2) is 6.24. The Morgan fingerprint density at radius 1 is 1.15 bits per heavy atom. The number of hydrogen-bond donors (Lipinski definition) is 0. The van der Waals surface area contributed by atoms with Gasteiger partial charge in [-0.1, -0.05) is 6.92 Å². The van der Waals surface area contributed by atoms with Crippen LogP contribution in [0.1, 0.15) is 59.3 Å². The zero-order chi connectivity index (χ0) is 18.6. The summed E-state index contributed by atoms with van der Waals surface area (Å²) >= 11 is 0. The summed E-state index contributed by atoms with van der Waals surface area (Å²) in [6.07, 6.45) is 4.34. The first-order valence-corrected chi connectivity index (χ1v) is 9.95. The molecule has 3 aliphatic carbocycles. The maximum atomic E-state index is 12.8. The van der Waals surface area contributed by atoms with Gasteiger partial charge < -0.3 is 14.2 Å². The van der Waals surface area contributed by atoms with Gasteiger partial charge in [0, 0.05) is 11.8 Å². The van der Waals surface area contributed by atoms with E-state index in [-0.39, 0.29) is 35.8 Å². The first-order chi connectivity index (χ1) is 12.3. The highest BCUT2D eigenvalue weighted by Crippen LogP contribution is 2.59. The molecule has 26 heavy (non-hydrogen) atoms. The molecule has 4 aliphatic rings. The average molecular weight is 364 g/mol. The van der Waals surface area contributed by atoms with Crippen molar-refractivity contribution in [1.29, 1.82) is 0 Å². The van der Waals surface area contributed by atoms with Crippen molar-refractivity contribution in [2.45, 2.75) is 77.6 Å². The molecule has 0 aromatic carbocycles. The Labute approximate surface area is 153 Å². The number of fused-ring (bicyclic) bond motifs is 1. The Bertz CT molecular complexity index is 620. The third kappa shape index (κ3) is 2.64. The SMILES string of the molecule is CCC(C)(C)C(=O)OC1C2CC3C1OC(=O)C3C2C(=O)OC1CCCC1. The molecule has 2 bridgehead atoms. The normalized spacial score (nSPS) is 38.5. The Kier molecular flexibility index (Phi) is 4.27. The number of ether oxygens (including phenoxy) is 3. The summed E-state index contributed by atoms with van der Waals surface area (Å²) in [5.41, 5.74) is -0.594. The number of esters is 3. The van der Waals surface area contributed by atoms with Crippen LogP contribution in [-0.4, -0.2) is 36.2 Å². The average Bonchev–Trinajstić information content (AvgIpc) is 3.33. The van der Waals surface area contributed by atoms with E-state index in [1.54, 1.807) is 0 Å². The Morgan fingerprint density at radius 2 is 1.85 bits per heavy atom. The second-order valence-electron chi connectivity index (χ2n) is 8.97. The van der Waals surface area contributed by atoms with Crippen LogP contribution in [0.2, 0.25) is 0 Å². The van der Waals surface area contributed by atoms with E-state index >= 15 is 0 Å². The smallest absolute Gasteiger partial charge is 0.311 e. The molecule has 1 saturated heterocycles. The third-order valence-electron chi connectivity index (χ3n) is 7.08. The first-order valence-electron chi connectivity index (χ1n) is 9.95. The van der Waals surface area contributed by atoms with Gasteiger partial charge in [0.2, 0.25) is 0 Å². The monoisotopic (exact) mass is 364 g/mol. The zero-order valence-electron chi connectivity index (χ0n) is 15.7. The van der Waals surface area contributed by atoms with Crippen LogP contribution in [0.3, 0.4) is 0 Å². The molecule has 0 radical (unpaired) electrons. The fraction of sp³-hybridized carbons (Fsp3) is 0.850. The lowest BCUT2D eigenvalue weighted by molar-refractivity contribution is -0.174. The fourth-order valence-corrected chi connectivity index (χ4v) is 5.15. The number of rotatable bonds is 5. The molecule has 1 heterocycles. The molecule has 0 aromatic heterocycles. The Balaban J connectivity index is 1.52. The van der Waals surface area contributed by atoms with E-state index in [0.29, 0.717) is 12.8 Å². The van der Waals surface area contributed by atoms with Gasteiger partial charge in [0.25, 0.3) is 0 Å².